The van der Waals surface area contributed by atoms with Gasteiger partial charge in [-0.2, -0.15) is 0 Å². The van der Waals surface area contributed by atoms with Crippen molar-refractivity contribution in [3.63, 3.8) is 0 Å². The lowest BCUT2D eigenvalue weighted by atomic mass is 9.77. The number of rotatable bonds is 2. The van der Waals surface area contributed by atoms with Gasteiger partial charge in [-0.3, -0.25) is 0 Å². The third kappa shape index (κ3) is 4.26. The summed E-state index contributed by atoms with van der Waals surface area (Å²) in [5.41, 5.74) is 30.4. The van der Waals surface area contributed by atoms with E-state index in [1.54, 1.807) is 0 Å². The third-order valence-corrected chi connectivity index (χ3v) is 16.8. The summed E-state index contributed by atoms with van der Waals surface area (Å²) in [5.74, 6) is 0.610. The topological polar surface area (TPSA) is 0 Å². The highest BCUT2D eigenvalue weighted by atomic mass is 14.5. The average molecular weight is 815 g/mol. The van der Waals surface area contributed by atoms with Crippen LogP contribution in [-0.4, -0.2) is 0 Å². The summed E-state index contributed by atoms with van der Waals surface area (Å²) in [6.45, 7) is 9.69. The van der Waals surface area contributed by atoms with Crippen LogP contribution < -0.4 is 0 Å². The second-order valence-corrected chi connectivity index (χ2v) is 20.5. The van der Waals surface area contributed by atoms with Crippen LogP contribution in [0, 0.1) is 11.8 Å². The number of aryl methyl sites for hydroxylation is 1. The molecule has 2 unspecified atom stereocenters. The SMILES string of the molecule is CC1(C)c2ccccc2-c2ccc(-c3c4c(c(-c5ccc6c(c5)C(C)(C)c5ccccc5-6)c5cc6c(cc35)-c3cccc5c7c(cc-6c35)CCC=C7)C3=CC=CC5C=CC=C4C35)cc21. The van der Waals surface area contributed by atoms with Crippen LogP contribution in [0.1, 0.15) is 78.6 Å². The molecule has 0 aliphatic heterocycles. The summed E-state index contributed by atoms with van der Waals surface area (Å²) in [7, 11) is 0. The summed E-state index contributed by atoms with van der Waals surface area (Å²) >= 11 is 0. The Bertz CT molecular complexity index is 3710. The molecule has 0 aromatic heterocycles. The van der Waals surface area contributed by atoms with E-state index in [0.29, 0.717) is 5.92 Å². The van der Waals surface area contributed by atoms with Gasteiger partial charge < -0.3 is 0 Å². The largest absolute Gasteiger partial charge is 0.0836 e. The molecule has 0 radical (unpaired) electrons. The maximum atomic E-state index is 2.63. The molecule has 0 nitrogen and oxygen atoms in total. The highest BCUT2D eigenvalue weighted by Gasteiger charge is 2.44. The minimum atomic E-state index is -0.111. The zero-order valence-electron chi connectivity index (χ0n) is 36.7. The molecule has 8 aromatic carbocycles. The van der Waals surface area contributed by atoms with Gasteiger partial charge in [0.25, 0.3) is 0 Å². The van der Waals surface area contributed by atoms with Crippen molar-refractivity contribution in [3.05, 3.63) is 208 Å². The standard InChI is InChI=1S/C64H46/c1-63(2)53-24-9-7-18-40(53)42-28-26-37(31-55(42)63)58-51-33-48-45-21-13-20-44-39-17-6-5-14-36(39)30-50(60(44)45)49(48)34-52(51)59(62-47-23-12-16-35-15-11-22-46(57(35)47)61(58)62)38-27-29-43-41-19-8-10-25-54(41)64(3,4)56(43)32-38/h6-13,15-35,57H,5,14H2,1-4H3. The van der Waals surface area contributed by atoms with E-state index >= 15 is 0 Å². The van der Waals surface area contributed by atoms with E-state index in [0.717, 1.165) is 12.8 Å². The first kappa shape index (κ1) is 35.4. The van der Waals surface area contributed by atoms with E-state index in [1.807, 2.05) is 0 Å². The molecule has 0 saturated carbocycles. The molecule has 0 heteroatoms. The van der Waals surface area contributed by atoms with Crippen LogP contribution in [-0.2, 0) is 17.3 Å². The van der Waals surface area contributed by atoms with Crippen LogP contribution >= 0.6 is 0 Å². The zero-order valence-corrected chi connectivity index (χ0v) is 36.7. The molecule has 0 heterocycles. The van der Waals surface area contributed by atoms with Crippen LogP contribution in [0.4, 0.5) is 0 Å². The predicted molar refractivity (Wildman–Crippen MR) is 270 cm³/mol. The van der Waals surface area contributed by atoms with Gasteiger partial charge in [-0.1, -0.05) is 167 Å². The molecule has 8 aromatic rings. The molecule has 7 aliphatic rings. The van der Waals surface area contributed by atoms with Crippen molar-refractivity contribution in [3.8, 4) is 66.8 Å². The number of hydrogen-bond acceptors (Lipinski definition) is 0. The van der Waals surface area contributed by atoms with Gasteiger partial charge in [-0.25, -0.2) is 0 Å². The van der Waals surface area contributed by atoms with Crippen LogP contribution in [0.2, 0.25) is 0 Å². The quantitative estimate of drug-likeness (QED) is 0.163. The van der Waals surface area contributed by atoms with E-state index < -0.39 is 0 Å². The van der Waals surface area contributed by atoms with Gasteiger partial charge in [-0.05, 0) is 187 Å². The number of benzene rings is 8. The van der Waals surface area contributed by atoms with E-state index in [-0.39, 0.29) is 16.7 Å². The Morgan fingerprint density at radius 3 is 1.61 bits per heavy atom. The Morgan fingerprint density at radius 1 is 0.453 bits per heavy atom. The fraction of sp³-hybridized carbons (Fsp3) is 0.156. The summed E-state index contributed by atoms with van der Waals surface area (Å²) in [6, 6.07) is 47.9. The van der Waals surface area contributed by atoms with E-state index in [1.165, 1.54) is 144 Å². The van der Waals surface area contributed by atoms with Crippen molar-refractivity contribution in [2.45, 2.75) is 51.4 Å². The second kappa shape index (κ2) is 12.0. The van der Waals surface area contributed by atoms with Gasteiger partial charge in [0.15, 0.2) is 0 Å². The smallest absolute Gasteiger partial charge is 0.0200 e. The molecule has 0 amide bonds. The van der Waals surface area contributed by atoms with Crippen LogP contribution in [0.5, 0.6) is 0 Å². The highest BCUT2D eigenvalue weighted by Crippen LogP contribution is 2.63. The Hall–Kier alpha value is -7.02. The van der Waals surface area contributed by atoms with Crippen LogP contribution in [0.15, 0.2) is 164 Å². The van der Waals surface area contributed by atoms with Gasteiger partial charge in [0.2, 0.25) is 0 Å². The van der Waals surface area contributed by atoms with Crippen molar-refractivity contribution in [1.82, 2.24) is 0 Å². The number of hydrogen-bond donors (Lipinski definition) is 0. The van der Waals surface area contributed by atoms with E-state index in [9.17, 15) is 0 Å². The monoisotopic (exact) mass is 814 g/mol. The molecule has 0 bridgehead atoms. The Kier molecular flexibility index (Phi) is 6.62. The first-order chi connectivity index (χ1) is 31.3. The van der Waals surface area contributed by atoms with E-state index in [2.05, 4.69) is 198 Å². The Labute approximate surface area is 375 Å². The minimum Gasteiger partial charge on any atom is -0.0836 e. The highest BCUT2D eigenvalue weighted by molar-refractivity contribution is 6.24. The minimum absolute atomic E-state index is 0.111. The lowest BCUT2D eigenvalue weighted by Crippen LogP contribution is -2.15. The molecule has 0 N–H and O–H groups in total. The molecule has 0 spiro atoms. The molecular weight excluding hydrogens is 769 g/mol. The lowest BCUT2D eigenvalue weighted by molar-refractivity contribution is 0.660. The number of allylic oxidation sites excluding steroid dienone is 9. The number of fused-ring (bicyclic) bond motifs is 15. The fourth-order valence-electron chi connectivity index (χ4n) is 13.8. The molecule has 64 heavy (non-hydrogen) atoms. The maximum Gasteiger partial charge on any atom is 0.0200 e. The van der Waals surface area contributed by atoms with Crippen molar-refractivity contribution in [1.29, 1.82) is 0 Å². The summed E-state index contributed by atoms with van der Waals surface area (Å²) in [6.07, 6.45) is 21.4. The molecule has 2 atom stereocenters. The van der Waals surface area contributed by atoms with Gasteiger partial charge >= 0.3 is 0 Å². The van der Waals surface area contributed by atoms with Crippen molar-refractivity contribution in [2.24, 2.45) is 11.8 Å². The van der Waals surface area contributed by atoms with Gasteiger partial charge in [0.1, 0.15) is 0 Å². The van der Waals surface area contributed by atoms with Gasteiger partial charge in [0, 0.05) is 22.7 Å². The Morgan fingerprint density at radius 2 is 1.00 bits per heavy atom. The molecular formula is C64H46. The average Bonchev–Trinajstić information content (AvgIpc) is 3.97. The summed E-state index contributed by atoms with van der Waals surface area (Å²) in [5, 5.41) is 5.49. The third-order valence-electron chi connectivity index (χ3n) is 16.8. The van der Waals surface area contributed by atoms with Gasteiger partial charge in [-0.15, -0.1) is 0 Å². The normalized spacial score (nSPS) is 19.7. The molecule has 7 aliphatic carbocycles. The summed E-state index contributed by atoms with van der Waals surface area (Å²) in [4.78, 5) is 0. The zero-order chi connectivity index (χ0) is 42.4. The molecule has 0 saturated heterocycles. The fourth-order valence-corrected chi connectivity index (χ4v) is 13.8. The Balaban J connectivity index is 1.10. The van der Waals surface area contributed by atoms with Gasteiger partial charge in [0.05, 0.1) is 0 Å². The van der Waals surface area contributed by atoms with E-state index in [4.69, 9.17) is 0 Å². The molecule has 15 rings (SSSR count). The van der Waals surface area contributed by atoms with Crippen molar-refractivity contribution < 1.29 is 0 Å². The lowest BCUT2D eigenvalue weighted by Gasteiger charge is -2.26. The molecule has 0 fully saturated rings. The van der Waals surface area contributed by atoms with Crippen molar-refractivity contribution >= 4 is 38.8 Å². The van der Waals surface area contributed by atoms with Crippen LogP contribution in [0.25, 0.3) is 106 Å². The predicted octanol–water partition coefficient (Wildman–Crippen LogP) is 16.7. The van der Waals surface area contributed by atoms with Crippen LogP contribution in [0.3, 0.4) is 0 Å². The maximum absolute atomic E-state index is 2.63. The molecule has 302 valence electrons. The second-order valence-electron chi connectivity index (χ2n) is 20.5. The summed E-state index contributed by atoms with van der Waals surface area (Å²) < 4.78 is 0. The first-order valence-electron chi connectivity index (χ1n) is 23.5. The first-order valence-corrected chi connectivity index (χ1v) is 23.5. The van der Waals surface area contributed by atoms with Crippen molar-refractivity contribution in [2.75, 3.05) is 0 Å².